The Bertz CT molecular complexity index is 1050. The number of aryl methyl sites for hydroxylation is 2. The molecule has 29 heavy (non-hydrogen) atoms. The molecule has 0 saturated carbocycles. The molecule has 2 aromatic carbocycles. The number of nitrogens with zero attached hydrogens (tertiary/aromatic N) is 1. The van der Waals surface area contributed by atoms with Gasteiger partial charge in [0.2, 0.25) is 0 Å². The third-order valence-electron chi connectivity index (χ3n) is 6.17. The summed E-state index contributed by atoms with van der Waals surface area (Å²) >= 11 is 0. The Balaban J connectivity index is 1.48. The van der Waals surface area contributed by atoms with E-state index in [1.807, 2.05) is 6.07 Å². The maximum atomic E-state index is 12.3. The molecule has 1 aliphatic heterocycles. The molecule has 150 valence electrons. The summed E-state index contributed by atoms with van der Waals surface area (Å²) in [4.78, 5) is 14.7. The first-order valence-corrected chi connectivity index (χ1v) is 10.7. The van der Waals surface area contributed by atoms with Crippen LogP contribution in [0.2, 0.25) is 0 Å². The highest BCUT2D eigenvalue weighted by Gasteiger charge is 2.21. The van der Waals surface area contributed by atoms with Crippen LogP contribution >= 0.6 is 0 Å². The first-order chi connectivity index (χ1) is 14.2. The van der Waals surface area contributed by atoms with E-state index < -0.39 is 0 Å². The van der Waals surface area contributed by atoms with E-state index in [0.29, 0.717) is 0 Å². The Morgan fingerprint density at radius 3 is 2.59 bits per heavy atom. The Morgan fingerprint density at radius 2 is 1.79 bits per heavy atom. The molecule has 1 aliphatic carbocycles. The van der Waals surface area contributed by atoms with Crippen molar-refractivity contribution in [2.75, 3.05) is 13.2 Å². The molecule has 4 nitrogen and oxygen atoms in total. The van der Waals surface area contributed by atoms with E-state index >= 15 is 0 Å². The third-order valence-corrected chi connectivity index (χ3v) is 6.17. The lowest BCUT2D eigenvalue weighted by Gasteiger charge is -2.26. The number of hydrogen-bond acceptors (Lipinski definition) is 4. The average Bonchev–Trinajstić information content (AvgIpc) is 3.38. The van der Waals surface area contributed by atoms with Crippen molar-refractivity contribution in [3.8, 4) is 0 Å². The molecule has 2 aliphatic rings. The minimum absolute atomic E-state index is 0.262. The standard InChI is InChI=1S/C25H27NO3/c27-25-14-21(23-12-19-8-4-9-20(19)13-24(23)29-25)16-26(17-22-10-5-11-28-22)15-18-6-2-1-3-7-18/h1-3,6-7,12-14,22H,4-5,8-11,15-17H2. The van der Waals surface area contributed by atoms with Gasteiger partial charge in [0, 0.05) is 37.7 Å². The monoisotopic (exact) mass is 389 g/mol. The number of hydrogen-bond donors (Lipinski definition) is 0. The summed E-state index contributed by atoms with van der Waals surface area (Å²) < 4.78 is 11.5. The van der Waals surface area contributed by atoms with Gasteiger partial charge in [0.05, 0.1) is 6.10 Å². The van der Waals surface area contributed by atoms with Crippen molar-refractivity contribution in [3.63, 3.8) is 0 Å². The fourth-order valence-electron chi connectivity index (χ4n) is 4.77. The zero-order valence-electron chi connectivity index (χ0n) is 16.7. The fourth-order valence-corrected chi connectivity index (χ4v) is 4.77. The van der Waals surface area contributed by atoms with E-state index in [9.17, 15) is 4.79 Å². The molecule has 0 bridgehead atoms. The van der Waals surface area contributed by atoms with Gasteiger partial charge in [-0.2, -0.15) is 0 Å². The van der Waals surface area contributed by atoms with Crippen molar-refractivity contribution >= 4 is 11.0 Å². The van der Waals surface area contributed by atoms with Crippen molar-refractivity contribution in [3.05, 3.63) is 81.2 Å². The van der Waals surface area contributed by atoms with Gasteiger partial charge < -0.3 is 9.15 Å². The lowest BCUT2D eigenvalue weighted by Crippen LogP contribution is -2.31. The van der Waals surface area contributed by atoms with Crippen LogP contribution in [0.1, 0.15) is 41.5 Å². The van der Waals surface area contributed by atoms with E-state index in [-0.39, 0.29) is 11.7 Å². The van der Waals surface area contributed by atoms with Crippen LogP contribution in [-0.2, 0) is 30.7 Å². The fraction of sp³-hybridized carbons (Fsp3) is 0.400. The predicted molar refractivity (Wildman–Crippen MR) is 114 cm³/mol. The lowest BCUT2D eigenvalue weighted by atomic mass is 10.0. The van der Waals surface area contributed by atoms with Crippen molar-refractivity contribution in [1.29, 1.82) is 0 Å². The topological polar surface area (TPSA) is 42.7 Å². The van der Waals surface area contributed by atoms with Crippen LogP contribution in [0.4, 0.5) is 0 Å². The highest BCUT2D eigenvalue weighted by Crippen LogP contribution is 2.29. The van der Waals surface area contributed by atoms with E-state index in [0.717, 1.165) is 68.5 Å². The van der Waals surface area contributed by atoms with E-state index in [1.165, 1.54) is 23.1 Å². The van der Waals surface area contributed by atoms with Gasteiger partial charge in [-0.1, -0.05) is 30.3 Å². The van der Waals surface area contributed by atoms with Crippen LogP contribution in [0.25, 0.3) is 11.0 Å². The highest BCUT2D eigenvalue weighted by molar-refractivity contribution is 5.82. The summed E-state index contributed by atoms with van der Waals surface area (Å²) in [6, 6.07) is 16.5. The summed E-state index contributed by atoms with van der Waals surface area (Å²) in [6.45, 7) is 3.29. The van der Waals surface area contributed by atoms with E-state index in [2.05, 4.69) is 41.3 Å². The molecule has 1 unspecified atom stereocenters. The van der Waals surface area contributed by atoms with Crippen LogP contribution < -0.4 is 5.63 Å². The van der Waals surface area contributed by atoms with Gasteiger partial charge in [0.25, 0.3) is 0 Å². The Kier molecular flexibility index (Phi) is 5.21. The van der Waals surface area contributed by atoms with E-state index in [1.54, 1.807) is 6.07 Å². The number of rotatable bonds is 6. The minimum Gasteiger partial charge on any atom is -0.423 e. The zero-order chi connectivity index (χ0) is 19.6. The molecule has 4 heteroatoms. The summed E-state index contributed by atoms with van der Waals surface area (Å²) in [5.41, 5.74) is 5.53. The molecule has 1 aromatic heterocycles. The molecule has 1 fully saturated rings. The summed E-state index contributed by atoms with van der Waals surface area (Å²) in [5.74, 6) is 0. The van der Waals surface area contributed by atoms with Gasteiger partial charge in [-0.25, -0.2) is 4.79 Å². The average molecular weight is 389 g/mol. The Labute approximate surface area is 171 Å². The van der Waals surface area contributed by atoms with Gasteiger partial charge in [0.1, 0.15) is 5.58 Å². The van der Waals surface area contributed by atoms with Gasteiger partial charge in [-0.15, -0.1) is 0 Å². The van der Waals surface area contributed by atoms with Crippen molar-refractivity contribution in [2.24, 2.45) is 0 Å². The molecule has 5 rings (SSSR count). The summed E-state index contributed by atoms with van der Waals surface area (Å²) in [7, 11) is 0. The largest absolute Gasteiger partial charge is 0.423 e. The van der Waals surface area contributed by atoms with Gasteiger partial charge in [0.15, 0.2) is 0 Å². The van der Waals surface area contributed by atoms with Crippen molar-refractivity contribution < 1.29 is 9.15 Å². The third kappa shape index (κ3) is 4.14. The Morgan fingerprint density at radius 1 is 0.966 bits per heavy atom. The van der Waals surface area contributed by atoms with Crippen LogP contribution in [0.3, 0.4) is 0 Å². The zero-order valence-corrected chi connectivity index (χ0v) is 16.7. The van der Waals surface area contributed by atoms with E-state index in [4.69, 9.17) is 9.15 Å². The Hall–Kier alpha value is -2.43. The summed E-state index contributed by atoms with van der Waals surface area (Å²) in [6.07, 6.45) is 5.90. The molecule has 0 N–H and O–H groups in total. The van der Waals surface area contributed by atoms with Crippen LogP contribution in [0.5, 0.6) is 0 Å². The molecule has 3 aromatic rings. The first kappa shape index (κ1) is 18.6. The minimum atomic E-state index is -0.262. The maximum Gasteiger partial charge on any atom is 0.336 e. The van der Waals surface area contributed by atoms with Crippen LogP contribution in [0, 0.1) is 0 Å². The maximum absolute atomic E-state index is 12.3. The molecule has 0 radical (unpaired) electrons. The van der Waals surface area contributed by atoms with Crippen LogP contribution in [-0.4, -0.2) is 24.2 Å². The molecular weight excluding hydrogens is 362 g/mol. The summed E-state index contributed by atoms with van der Waals surface area (Å²) in [5, 5.41) is 1.08. The normalized spacial score (nSPS) is 18.6. The highest BCUT2D eigenvalue weighted by atomic mass is 16.5. The number of ether oxygens (including phenoxy) is 1. The molecule has 2 heterocycles. The van der Waals surface area contributed by atoms with Gasteiger partial charge in [-0.05, 0) is 66.5 Å². The second-order valence-corrected chi connectivity index (χ2v) is 8.35. The van der Waals surface area contributed by atoms with Crippen molar-refractivity contribution in [2.45, 2.75) is 51.3 Å². The molecular formula is C25H27NO3. The predicted octanol–water partition coefficient (Wildman–Crippen LogP) is 4.46. The smallest absolute Gasteiger partial charge is 0.336 e. The van der Waals surface area contributed by atoms with Gasteiger partial charge in [-0.3, -0.25) is 4.90 Å². The van der Waals surface area contributed by atoms with Crippen molar-refractivity contribution in [1.82, 2.24) is 4.90 Å². The quantitative estimate of drug-likeness (QED) is 0.584. The second kappa shape index (κ2) is 8.13. The first-order valence-electron chi connectivity index (χ1n) is 10.7. The number of fused-ring (bicyclic) bond motifs is 2. The molecule has 0 spiro atoms. The van der Waals surface area contributed by atoms with Gasteiger partial charge >= 0.3 is 5.63 Å². The van der Waals surface area contributed by atoms with Crippen LogP contribution in [0.15, 0.2) is 57.7 Å². The SMILES string of the molecule is O=c1cc(CN(Cc2ccccc2)CC2CCCO2)c2cc3c(cc2o1)CCC3. The second-order valence-electron chi connectivity index (χ2n) is 8.35. The molecule has 1 atom stereocenters. The molecule has 1 saturated heterocycles. The molecule has 0 amide bonds. The number of benzene rings is 2. The lowest BCUT2D eigenvalue weighted by molar-refractivity contribution is 0.0680.